The summed E-state index contributed by atoms with van der Waals surface area (Å²) in [5.74, 6) is -0.0875. The fourth-order valence-corrected chi connectivity index (χ4v) is 2.99. The number of ether oxygens (including phenoxy) is 2. The number of aliphatic carboxylic acids is 1. The molecule has 7 nitrogen and oxygen atoms in total. The molecule has 2 amide bonds. The number of hydrogen-bond donors (Lipinski definition) is 2. The Morgan fingerprint density at radius 3 is 2.35 bits per heavy atom. The lowest BCUT2D eigenvalue weighted by atomic mass is 9.97. The number of urea groups is 1. The smallest absolute Gasteiger partial charge is 0.321 e. The molecule has 23 heavy (non-hydrogen) atoms. The van der Waals surface area contributed by atoms with Crippen LogP contribution in [0.25, 0.3) is 0 Å². The van der Waals surface area contributed by atoms with Gasteiger partial charge in [-0.15, -0.1) is 0 Å². The fraction of sp³-hybridized carbons (Fsp3) is 0.467. The summed E-state index contributed by atoms with van der Waals surface area (Å²) in [5, 5.41) is 11.8. The van der Waals surface area contributed by atoms with Gasteiger partial charge < -0.3 is 24.8 Å². The van der Waals surface area contributed by atoms with E-state index in [2.05, 4.69) is 21.2 Å². The lowest BCUT2D eigenvalue weighted by molar-refractivity contribution is -0.143. The maximum Gasteiger partial charge on any atom is 0.321 e. The summed E-state index contributed by atoms with van der Waals surface area (Å²) >= 11 is 3.37. The van der Waals surface area contributed by atoms with E-state index in [4.69, 9.17) is 14.6 Å². The third-order valence-corrected chi connectivity index (χ3v) is 4.47. The highest BCUT2D eigenvalue weighted by atomic mass is 79.9. The Balaban J connectivity index is 2.06. The van der Waals surface area contributed by atoms with E-state index in [0.29, 0.717) is 47.6 Å². The summed E-state index contributed by atoms with van der Waals surface area (Å²) < 4.78 is 11.2. The van der Waals surface area contributed by atoms with Gasteiger partial charge in [0.2, 0.25) is 0 Å². The summed E-state index contributed by atoms with van der Waals surface area (Å²) in [6, 6.07) is 3.11. The molecule has 2 rings (SSSR count). The molecular weight excluding hydrogens is 368 g/mol. The Hall–Kier alpha value is -1.96. The van der Waals surface area contributed by atoms with Crippen LogP contribution in [0.4, 0.5) is 10.5 Å². The van der Waals surface area contributed by atoms with Crippen molar-refractivity contribution in [3.05, 3.63) is 16.6 Å². The molecule has 0 aliphatic carbocycles. The summed E-state index contributed by atoms with van der Waals surface area (Å²) in [6.45, 7) is 0.838. The monoisotopic (exact) mass is 386 g/mol. The minimum Gasteiger partial charge on any atom is -0.495 e. The van der Waals surface area contributed by atoms with Crippen LogP contribution in [0.3, 0.4) is 0 Å². The molecule has 1 aliphatic rings. The van der Waals surface area contributed by atoms with E-state index in [9.17, 15) is 9.59 Å². The molecular formula is C15H19BrN2O5. The first-order valence-electron chi connectivity index (χ1n) is 7.16. The molecule has 8 heteroatoms. The van der Waals surface area contributed by atoms with E-state index in [-0.39, 0.29) is 11.9 Å². The van der Waals surface area contributed by atoms with Gasteiger partial charge in [0.05, 0.1) is 30.3 Å². The van der Waals surface area contributed by atoms with Crippen molar-refractivity contribution < 1.29 is 24.2 Å². The number of nitrogens with zero attached hydrogens (tertiary/aromatic N) is 1. The Bertz CT molecular complexity index is 600. The second-order valence-corrected chi connectivity index (χ2v) is 6.07. The molecule has 0 aromatic heterocycles. The molecule has 1 aromatic carbocycles. The van der Waals surface area contributed by atoms with Crippen LogP contribution in [-0.4, -0.2) is 49.3 Å². The van der Waals surface area contributed by atoms with Crippen LogP contribution >= 0.6 is 15.9 Å². The number of carboxylic acids is 1. The Labute approximate surface area is 142 Å². The average molecular weight is 387 g/mol. The molecule has 126 valence electrons. The second kappa shape index (κ2) is 7.54. The third kappa shape index (κ3) is 4.07. The number of likely N-dealkylation sites (tertiary alicyclic amines) is 1. The average Bonchev–Trinajstić information content (AvgIpc) is 2.55. The van der Waals surface area contributed by atoms with Gasteiger partial charge >= 0.3 is 12.0 Å². The first-order chi connectivity index (χ1) is 11.0. The van der Waals surface area contributed by atoms with Crippen LogP contribution in [0.2, 0.25) is 0 Å². The van der Waals surface area contributed by atoms with Crippen molar-refractivity contribution in [2.75, 3.05) is 32.6 Å². The predicted octanol–water partition coefficient (Wildman–Crippen LogP) is 2.79. The first kappa shape index (κ1) is 17.4. The van der Waals surface area contributed by atoms with Crippen molar-refractivity contribution in [2.45, 2.75) is 12.8 Å². The van der Waals surface area contributed by atoms with Gasteiger partial charge in [0.25, 0.3) is 0 Å². The molecule has 0 saturated carbocycles. The van der Waals surface area contributed by atoms with Crippen molar-refractivity contribution >= 4 is 33.6 Å². The number of nitrogens with one attached hydrogen (secondary N) is 1. The number of carboxylic acid groups (broad SMARTS) is 1. The molecule has 0 unspecified atom stereocenters. The number of benzene rings is 1. The van der Waals surface area contributed by atoms with Crippen molar-refractivity contribution in [3.63, 3.8) is 0 Å². The molecule has 1 saturated heterocycles. The molecule has 0 spiro atoms. The maximum absolute atomic E-state index is 12.3. The number of methoxy groups -OCH3 is 2. The van der Waals surface area contributed by atoms with Crippen LogP contribution in [-0.2, 0) is 4.79 Å². The van der Waals surface area contributed by atoms with Crippen LogP contribution in [0.15, 0.2) is 16.6 Å². The number of rotatable bonds is 4. The fourth-order valence-electron chi connectivity index (χ4n) is 2.48. The summed E-state index contributed by atoms with van der Waals surface area (Å²) in [7, 11) is 3.06. The number of piperidine rings is 1. The summed E-state index contributed by atoms with van der Waals surface area (Å²) in [6.07, 6.45) is 0.929. The molecule has 0 bridgehead atoms. The number of anilines is 1. The van der Waals surface area contributed by atoms with Gasteiger partial charge in [0.15, 0.2) is 0 Å². The van der Waals surface area contributed by atoms with E-state index < -0.39 is 5.97 Å². The number of carbonyl (C=O) groups is 2. The van der Waals surface area contributed by atoms with Gasteiger partial charge in [0, 0.05) is 19.2 Å². The summed E-state index contributed by atoms with van der Waals surface area (Å²) in [4.78, 5) is 24.9. The number of carbonyl (C=O) groups excluding carboxylic acids is 1. The largest absolute Gasteiger partial charge is 0.495 e. The minimum absolute atomic E-state index is 0.274. The zero-order valence-electron chi connectivity index (χ0n) is 13.0. The van der Waals surface area contributed by atoms with Crippen molar-refractivity contribution in [2.24, 2.45) is 5.92 Å². The highest BCUT2D eigenvalue weighted by molar-refractivity contribution is 9.10. The lowest BCUT2D eigenvalue weighted by Crippen LogP contribution is -2.42. The van der Waals surface area contributed by atoms with Crippen molar-refractivity contribution in [3.8, 4) is 11.5 Å². The number of amides is 2. The standard InChI is InChI=1S/C15H19BrN2O5/c1-22-12-8-13(23-2)11(7-10(12)16)17-15(21)18-5-3-9(4-6-18)14(19)20/h7-9H,3-6H2,1-2H3,(H,17,21)(H,19,20). The molecule has 0 atom stereocenters. The van der Waals surface area contributed by atoms with Crippen LogP contribution in [0.5, 0.6) is 11.5 Å². The zero-order valence-corrected chi connectivity index (χ0v) is 14.6. The molecule has 1 aromatic rings. The zero-order chi connectivity index (χ0) is 17.0. The molecule has 1 heterocycles. The van der Waals surface area contributed by atoms with Gasteiger partial charge in [-0.05, 0) is 34.8 Å². The highest BCUT2D eigenvalue weighted by Gasteiger charge is 2.27. The Kier molecular flexibility index (Phi) is 5.70. The van der Waals surface area contributed by atoms with Crippen molar-refractivity contribution in [1.29, 1.82) is 0 Å². The second-order valence-electron chi connectivity index (χ2n) is 5.22. The normalized spacial score (nSPS) is 15.2. The lowest BCUT2D eigenvalue weighted by Gasteiger charge is -2.30. The first-order valence-corrected chi connectivity index (χ1v) is 7.95. The Morgan fingerprint density at radius 1 is 1.22 bits per heavy atom. The minimum atomic E-state index is -0.800. The third-order valence-electron chi connectivity index (χ3n) is 3.85. The van der Waals surface area contributed by atoms with Gasteiger partial charge in [-0.2, -0.15) is 0 Å². The van der Waals surface area contributed by atoms with E-state index in [0.717, 1.165) is 0 Å². The van der Waals surface area contributed by atoms with Crippen LogP contribution < -0.4 is 14.8 Å². The van der Waals surface area contributed by atoms with Crippen LogP contribution in [0.1, 0.15) is 12.8 Å². The Morgan fingerprint density at radius 2 is 1.83 bits per heavy atom. The topological polar surface area (TPSA) is 88.1 Å². The van der Waals surface area contributed by atoms with Crippen molar-refractivity contribution in [1.82, 2.24) is 4.90 Å². The van der Waals surface area contributed by atoms with Crippen LogP contribution in [0, 0.1) is 5.92 Å². The molecule has 1 aliphatic heterocycles. The van der Waals surface area contributed by atoms with Gasteiger partial charge in [0.1, 0.15) is 11.5 Å². The number of hydrogen-bond acceptors (Lipinski definition) is 4. The molecule has 1 fully saturated rings. The van der Waals surface area contributed by atoms with Gasteiger partial charge in [-0.25, -0.2) is 4.79 Å². The predicted molar refractivity (Wildman–Crippen MR) is 88.2 cm³/mol. The van der Waals surface area contributed by atoms with E-state index >= 15 is 0 Å². The quantitative estimate of drug-likeness (QED) is 0.830. The SMILES string of the molecule is COc1cc(OC)c(NC(=O)N2CCC(C(=O)O)CC2)cc1Br. The van der Waals surface area contributed by atoms with Gasteiger partial charge in [-0.3, -0.25) is 4.79 Å². The maximum atomic E-state index is 12.3. The summed E-state index contributed by atoms with van der Waals surface area (Å²) in [5.41, 5.74) is 0.519. The molecule has 0 radical (unpaired) electrons. The molecule has 2 N–H and O–H groups in total. The highest BCUT2D eigenvalue weighted by Crippen LogP contribution is 2.36. The van der Waals surface area contributed by atoms with E-state index in [1.54, 1.807) is 24.1 Å². The van der Waals surface area contributed by atoms with E-state index in [1.165, 1.54) is 7.11 Å². The van der Waals surface area contributed by atoms with E-state index in [1.807, 2.05) is 0 Å². The number of halogens is 1. The van der Waals surface area contributed by atoms with Gasteiger partial charge in [-0.1, -0.05) is 0 Å².